The van der Waals surface area contributed by atoms with E-state index in [0.29, 0.717) is 16.5 Å². The first-order valence-electron chi connectivity index (χ1n) is 6.19. The van der Waals surface area contributed by atoms with Crippen molar-refractivity contribution in [2.45, 2.75) is 0 Å². The van der Waals surface area contributed by atoms with Crippen molar-refractivity contribution in [3.8, 4) is 5.75 Å². The maximum Gasteiger partial charge on any atom is 0.186 e. The quantitative estimate of drug-likeness (QED) is 0.285. The average Bonchev–Trinajstić information content (AvgIpc) is 2.55. The summed E-state index contributed by atoms with van der Waals surface area (Å²) in [6.07, 6.45) is 0. The van der Waals surface area contributed by atoms with Gasteiger partial charge in [-0.1, -0.05) is 11.6 Å². The van der Waals surface area contributed by atoms with Gasteiger partial charge in [-0.2, -0.15) is 0 Å². The van der Waals surface area contributed by atoms with Crippen molar-refractivity contribution in [3.63, 3.8) is 0 Å². The molecular weight excluding hydrogens is 436 g/mol. The highest BCUT2D eigenvalue weighted by atomic mass is 79.9. The van der Waals surface area contributed by atoms with Crippen LogP contribution in [0.5, 0.6) is 5.75 Å². The lowest BCUT2D eigenvalue weighted by molar-refractivity contribution is 0.417. The summed E-state index contributed by atoms with van der Waals surface area (Å²) >= 11 is 13.2. The summed E-state index contributed by atoms with van der Waals surface area (Å²) < 4.78 is 58.8. The Morgan fingerprint density at radius 2 is 1.67 bits per heavy atom. The van der Waals surface area contributed by atoms with Gasteiger partial charge in [-0.25, -0.2) is 17.6 Å². The second-order valence-corrected chi connectivity index (χ2v) is 6.01. The van der Waals surface area contributed by atoms with Gasteiger partial charge in [0.25, 0.3) is 0 Å². The normalized spacial score (nSPS) is 10.5. The third-order valence-corrected chi connectivity index (χ3v) is 3.99. The van der Waals surface area contributed by atoms with Crippen molar-refractivity contribution >= 4 is 56.2 Å². The lowest BCUT2D eigenvalue weighted by Gasteiger charge is -2.15. The molecule has 0 aliphatic rings. The van der Waals surface area contributed by atoms with Crippen LogP contribution in [0.2, 0.25) is 5.02 Å². The smallest absolute Gasteiger partial charge is 0.186 e. The predicted octanol–water partition coefficient (Wildman–Crippen LogP) is 5.48. The molecule has 0 bridgehead atoms. The van der Waals surface area contributed by atoms with Crippen LogP contribution in [0.1, 0.15) is 0 Å². The van der Waals surface area contributed by atoms with Crippen LogP contribution in [0.3, 0.4) is 0 Å². The van der Waals surface area contributed by atoms with E-state index in [1.165, 1.54) is 19.2 Å². The molecule has 0 saturated heterocycles. The minimum atomic E-state index is -1.62. The van der Waals surface area contributed by atoms with Gasteiger partial charge in [0.1, 0.15) is 11.4 Å². The number of hydrogen-bond acceptors (Lipinski definition) is 2. The molecule has 0 heterocycles. The monoisotopic (exact) mass is 442 g/mol. The number of nitrogens with one attached hydrogen (secondary N) is 2. The summed E-state index contributed by atoms with van der Waals surface area (Å²) in [5.41, 5.74) is -0.770. The Bertz CT molecular complexity index is 793. The Labute approximate surface area is 153 Å². The topological polar surface area (TPSA) is 33.3 Å². The van der Waals surface area contributed by atoms with Gasteiger partial charge in [0.2, 0.25) is 0 Å². The molecule has 2 N–H and O–H groups in total. The van der Waals surface area contributed by atoms with Crippen LogP contribution in [-0.2, 0) is 0 Å². The van der Waals surface area contributed by atoms with Gasteiger partial charge in [-0.3, -0.25) is 0 Å². The zero-order valence-electron chi connectivity index (χ0n) is 11.8. The highest BCUT2D eigenvalue weighted by Crippen LogP contribution is 2.32. The fourth-order valence-corrected chi connectivity index (χ4v) is 2.49. The third-order valence-electron chi connectivity index (χ3n) is 2.86. The van der Waals surface area contributed by atoms with Crippen molar-refractivity contribution in [2.75, 3.05) is 17.7 Å². The van der Waals surface area contributed by atoms with Crippen molar-refractivity contribution in [1.82, 2.24) is 0 Å². The molecule has 0 aliphatic carbocycles. The lowest BCUT2D eigenvalue weighted by atomic mass is 10.2. The van der Waals surface area contributed by atoms with Crippen LogP contribution < -0.4 is 15.4 Å². The maximum atomic E-state index is 13.8. The van der Waals surface area contributed by atoms with Crippen LogP contribution in [0.25, 0.3) is 0 Å². The molecule has 0 unspecified atom stereocenters. The number of hydrogen-bond donors (Lipinski definition) is 2. The lowest BCUT2D eigenvalue weighted by Crippen LogP contribution is -2.22. The molecule has 2 aromatic carbocycles. The molecule has 0 atom stereocenters. The number of rotatable bonds is 3. The molecule has 24 heavy (non-hydrogen) atoms. The summed E-state index contributed by atoms with van der Waals surface area (Å²) in [6, 6.07) is 4.54. The van der Waals surface area contributed by atoms with Crippen LogP contribution in [-0.4, -0.2) is 12.2 Å². The van der Waals surface area contributed by atoms with E-state index < -0.39 is 33.4 Å². The van der Waals surface area contributed by atoms with Crippen LogP contribution in [0, 0.1) is 23.3 Å². The molecule has 10 heteroatoms. The Hall–Kier alpha value is -1.58. The molecule has 0 amide bonds. The van der Waals surface area contributed by atoms with E-state index in [0.717, 1.165) is 0 Å². The Morgan fingerprint density at radius 3 is 2.21 bits per heavy atom. The largest absolute Gasteiger partial charge is 0.495 e. The Balaban J connectivity index is 2.30. The van der Waals surface area contributed by atoms with Crippen LogP contribution in [0.15, 0.2) is 22.7 Å². The molecule has 2 aromatic rings. The van der Waals surface area contributed by atoms with Crippen LogP contribution in [0.4, 0.5) is 28.9 Å². The van der Waals surface area contributed by atoms with Gasteiger partial charge in [0, 0.05) is 5.02 Å². The van der Waals surface area contributed by atoms with Crippen molar-refractivity contribution in [3.05, 3.63) is 51.0 Å². The maximum absolute atomic E-state index is 13.8. The molecular formula is C14H8BrClF4N2OS. The molecule has 0 radical (unpaired) electrons. The number of ether oxygens (including phenoxy) is 1. The van der Waals surface area contributed by atoms with E-state index in [2.05, 4.69) is 26.6 Å². The van der Waals surface area contributed by atoms with Crippen molar-refractivity contribution < 1.29 is 22.3 Å². The summed E-state index contributed by atoms with van der Waals surface area (Å²) in [6.45, 7) is 0. The number of methoxy groups -OCH3 is 1. The van der Waals surface area contributed by atoms with Crippen molar-refractivity contribution in [2.24, 2.45) is 0 Å². The van der Waals surface area contributed by atoms with E-state index in [4.69, 9.17) is 28.6 Å². The van der Waals surface area contributed by atoms with Gasteiger partial charge in [-0.15, -0.1) is 0 Å². The number of benzene rings is 2. The number of halogens is 6. The summed E-state index contributed by atoms with van der Waals surface area (Å²) in [7, 11) is 1.39. The van der Waals surface area contributed by atoms with Gasteiger partial charge in [0.15, 0.2) is 28.4 Å². The Kier molecular flexibility index (Phi) is 5.89. The van der Waals surface area contributed by atoms with Gasteiger partial charge in [0.05, 0.1) is 17.3 Å². The second-order valence-electron chi connectivity index (χ2n) is 4.37. The van der Waals surface area contributed by atoms with Crippen LogP contribution >= 0.6 is 39.7 Å². The fraction of sp³-hybridized carbons (Fsp3) is 0.0714. The summed E-state index contributed by atoms with van der Waals surface area (Å²) in [5, 5.41) is 4.68. The molecule has 2 rings (SSSR count). The first kappa shape index (κ1) is 18.8. The highest BCUT2D eigenvalue weighted by Gasteiger charge is 2.24. The average molecular weight is 444 g/mol. The molecule has 0 aliphatic heterocycles. The predicted molar refractivity (Wildman–Crippen MR) is 91.8 cm³/mol. The standard InChI is InChI=1S/C14H8BrClF4N2OS/c1-23-7-3-2-5(16)4-6(7)21-14(24)22-13-11(19)9(17)8(15)10(18)12(13)20/h2-4H,1H3,(H2,21,22,24). The van der Waals surface area contributed by atoms with Crippen molar-refractivity contribution in [1.29, 1.82) is 0 Å². The van der Waals surface area contributed by atoms with E-state index >= 15 is 0 Å². The molecule has 0 spiro atoms. The third kappa shape index (κ3) is 3.73. The summed E-state index contributed by atoms with van der Waals surface area (Å²) in [5.74, 6) is -6.07. The minimum Gasteiger partial charge on any atom is -0.495 e. The van der Waals surface area contributed by atoms with Gasteiger partial charge >= 0.3 is 0 Å². The van der Waals surface area contributed by atoms with E-state index in [-0.39, 0.29) is 5.11 Å². The zero-order valence-corrected chi connectivity index (χ0v) is 15.0. The van der Waals surface area contributed by atoms with Gasteiger partial charge < -0.3 is 15.4 Å². The highest BCUT2D eigenvalue weighted by molar-refractivity contribution is 9.10. The molecule has 128 valence electrons. The fourth-order valence-electron chi connectivity index (χ4n) is 1.76. The second kappa shape index (κ2) is 7.54. The Morgan fingerprint density at radius 1 is 1.08 bits per heavy atom. The SMILES string of the molecule is COc1ccc(Cl)cc1NC(=S)Nc1c(F)c(F)c(Br)c(F)c1F. The first-order valence-corrected chi connectivity index (χ1v) is 7.77. The van der Waals surface area contributed by atoms with E-state index in [9.17, 15) is 17.6 Å². The first-order chi connectivity index (χ1) is 11.3. The van der Waals surface area contributed by atoms with E-state index in [1.807, 2.05) is 0 Å². The molecule has 0 fully saturated rings. The summed E-state index contributed by atoms with van der Waals surface area (Å²) in [4.78, 5) is 0. The van der Waals surface area contributed by atoms with E-state index in [1.54, 1.807) is 6.07 Å². The minimum absolute atomic E-state index is 0.293. The molecule has 0 saturated carbocycles. The number of thiocarbonyl (C=S) groups is 1. The van der Waals surface area contributed by atoms with Gasteiger partial charge in [-0.05, 0) is 46.3 Å². The zero-order chi connectivity index (χ0) is 18.0. The molecule has 3 nitrogen and oxygen atoms in total. The number of anilines is 2. The molecule has 0 aromatic heterocycles.